The highest BCUT2D eigenvalue weighted by Crippen LogP contribution is 2.20. The first kappa shape index (κ1) is 13.1. The third kappa shape index (κ3) is 3.59. The van der Waals surface area contributed by atoms with E-state index in [1.54, 1.807) is 0 Å². The number of rotatable bonds is 7. The van der Waals surface area contributed by atoms with Crippen LogP contribution in [0, 0.1) is 0 Å². The van der Waals surface area contributed by atoms with Gasteiger partial charge >= 0.3 is 0 Å². The summed E-state index contributed by atoms with van der Waals surface area (Å²) in [5, 5.41) is 4.70. The second kappa shape index (κ2) is 6.57. The Morgan fingerprint density at radius 1 is 1.17 bits per heavy atom. The largest absolute Gasteiger partial charge is 0.464 e. The minimum atomic E-state index is 0.888. The van der Waals surface area contributed by atoms with E-state index < -0.39 is 0 Å². The van der Waals surface area contributed by atoms with Gasteiger partial charge in [-0.1, -0.05) is 18.2 Å². The SMILES string of the molecule is CN(C)CCCCNCc1coc2ccccc12. The van der Waals surface area contributed by atoms with Gasteiger partial charge in [0.1, 0.15) is 5.58 Å². The van der Waals surface area contributed by atoms with Crippen molar-refractivity contribution in [3.63, 3.8) is 0 Å². The molecule has 0 spiro atoms. The summed E-state index contributed by atoms with van der Waals surface area (Å²) < 4.78 is 5.51. The van der Waals surface area contributed by atoms with Crippen LogP contribution in [0.2, 0.25) is 0 Å². The summed E-state index contributed by atoms with van der Waals surface area (Å²) in [4.78, 5) is 2.23. The smallest absolute Gasteiger partial charge is 0.134 e. The van der Waals surface area contributed by atoms with Gasteiger partial charge in [0.2, 0.25) is 0 Å². The molecule has 98 valence electrons. The van der Waals surface area contributed by atoms with Gasteiger partial charge in [0.25, 0.3) is 0 Å². The van der Waals surface area contributed by atoms with Crippen molar-refractivity contribution in [2.45, 2.75) is 19.4 Å². The van der Waals surface area contributed by atoms with Crippen molar-refractivity contribution >= 4 is 11.0 Å². The highest BCUT2D eigenvalue weighted by Gasteiger charge is 2.03. The molecule has 3 nitrogen and oxygen atoms in total. The highest BCUT2D eigenvalue weighted by atomic mass is 16.3. The van der Waals surface area contributed by atoms with Gasteiger partial charge in [-0.05, 0) is 46.1 Å². The normalized spacial score (nSPS) is 11.5. The molecule has 1 aromatic carbocycles. The zero-order valence-corrected chi connectivity index (χ0v) is 11.3. The van der Waals surface area contributed by atoms with E-state index in [9.17, 15) is 0 Å². The summed E-state index contributed by atoms with van der Waals surface area (Å²) >= 11 is 0. The van der Waals surface area contributed by atoms with Crippen LogP contribution in [0.5, 0.6) is 0 Å². The third-order valence-electron chi connectivity index (χ3n) is 3.09. The number of hydrogen-bond acceptors (Lipinski definition) is 3. The van der Waals surface area contributed by atoms with Crippen molar-refractivity contribution in [2.75, 3.05) is 27.2 Å². The molecule has 1 N–H and O–H groups in total. The predicted octanol–water partition coefficient (Wildman–Crippen LogP) is 2.86. The Morgan fingerprint density at radius 3 is 2.83 bits per heavy atom. The second-order valence-electron chi connectivity index (χ2n) is 4.94. The average molecular weight is 246 g/mol. The quantitative estimate of drug-likeness (QED) is 0.761. The lowest BCUT2D eigenvalue weighted by Gasteiger charge is -2.09. The Morgan fingerprint density at radius 2 is 2.00 bits per heavy atom. The van der Waals surface area contributed by atoms with Crippen LogP contribution < -0.4 is 5.32 Å². The zero-order chi connectivity index (χ0) is 12.8. The van der Waals surface area contributed by atoms with Crippen LogP contribution in [0.15, 0.2) is 34.9 Å². The van der Waals surface area contributed by atoms with Crippen LogP contribution in [-0.4, -0.2) is 32.1 Å². The van der Waals surface area contributed by atoms with E-state index in [4.69, 9.17) is 4.42 Å². The van der Waals surface area contributed by atoms with Crippen molar-refractivity contribution in [3.8, 4) is 0 Å². The van der Waals surface area contributed by atoms with Gasteiger partial charge in [0.15, 0.2) is 0 Å². The van der Waals surface area contributed by atoms with Gasteiger partial charge in [-0.25, -0.2) is 0 Å². The predicted molar refractivity (Wildman–Crippen MR) is 75.7 cm³/mol. The fraction of sp³-hybridized carbons (Fsp3) is 0.467. The Bertz CT molecular complexity index is 476. The van der Waals surface area contributed by atoms with Crippen LogP contribution in [-0.2, 0) is 6.54 Å². The minimum Gasteiger partial charge on any atom is -0.464 e. The lowest BCUT2D eigenvalue weighted by molar-refractivity contribution is 0.391. The number of unbranched alkanes of at least 4 members (excludes halogenated alkanes) is 1. The van der Waals surface area contributed by atoms with E-state index in [0.29, 0.717) is 0 Å². The molecule has 0 amide bonds. The van der Waals surface area contributed by atoms with E-state index in [2.05, 4.69) is 36.4 Å². The molecule has 0 radical (unpaired) electrons. The first-order valence-electron chi connectivity index (χ1n) is 6.58. The fourth-order valence-electron chi connectivity index (χ4n) is 2.07. The van der Waals surface area contributed by atoms with Gasteiger partial charge in [-0.15, -0.1) is 0 Å². The fourth-order valence-corrected chi connectivity index (χ4v) is 2.07. The van der Waals surface area contributed by atoms with Crippen molar-refractivity contribution < 1.29 is 4.42 Å². The van der Waals surface area contributed by atoms with E-state index >= 15 is 0 Å². The zero-order valence-electron chi connectivity index (χ0n) is 11.3. The summed E-state index contributed by atoms with van der Waals surface area (Å²) in [6.45, 7) is 3.11. The number of nitrogens with zero attached hydrogens (tertiary/aromatic N) is 1. The first-order chi connectivity index (χ1) is 8.77. The van der Waals surface area contributed by atoms with Gasteiger partial charge in [0, 0.05) is 17.5 Å². The van der Waals surface area contributed by atoms with E-state index in [-0.39, 0.29) is 0 Å². The highest BCUT2D eigenvalue weighted by molar-refractivity contribution is 5.80. The molecule has 2 aromatic rings. The number of hydrogen-bond donors (Lipinski definition) is 1. The summed E-state index contributed by atoms with van der Waals surface area (Å²) in [6, 6.07) is 8.18. The Hall–Kier alpha value is -1.32. The van der Waals surface area contributed by atoms with Crippen molar-refractivity contribution in [1.82, 2.24) is 10.2 Å². The standard InChI is InChI=1S/C15H22N2O/c1-17(2)10-6-5-9-16-11-13-12-18-15-8-4-3-7-14(13)15/h3-4,7-8,12,16H,5-6,9-11H2,1-2H3. The molecule has 0 unspecified atom stereocenters. The van der Waals surface area contributed by atoms with Gasteiger partial charge in [0.05, 0.1) is 6.26 Å². The second-order valence-corrected chi connectivity index (χ2v) is 4.94. The molecular weight excluding hydrogens is 224 g/mol. The molecule has 18 heavy (non-hydrogen) atoms. The van der Waals surface area contributed by atoms with E-state index in [1.807, 2.05) is 18.4 Å². The Labute approximate surface area is 109 Å². The number of nitrogens with one attached hydrogen (secondary N) is 1. The molecule has 0 fully saturated rings. The topological polar surface area (TPSA) is 28.4 Å². The molecule has 1 heterocycles. The number of para-hydroxylation sites is 1. The third-order valence-corrected chi connectivity index (χ3v) is 3.09. The van der Waals surface area contributed by atoms with Gasteiger partial charge < -0.3 is 14.6 Å². The number of furan rings is 1. The van der Waals surface area contributed by atoms with E-state index in [1.165, 1.54) is 23.8 Å². The molecule has 0 saturated carbocycles. The monoisotopic (exact) mass is 246 g/mol. The summed E-state index contributed by atoms with van der Waals surface area (Å²) in [6.07, 6.45) is 4.32. The van der Waals surface area contributed by atoms with Crippen LogP contribution in [0.4, 0.5) is 0 Å². The Kier molecular flexibility index (Phi) is 4.79. The lowest BCUT2D eigenvalue weighted by Crippen LogP contribution is -2.17. The van der Waals surface area contributed by atoms with Crippen molar-refractivity contribution in [1.29, 1.82) is 0 Å². The maximum atomic E-state index is 5.51. The first-order valence-corrected chi connectivity index (χ1v) is 6.58. The molecule has 0 aliphatic heterocycles. The summed E-state index contributed by atoms with van der Waals surface area (Å²) in [5.41, 5.74) is 2.22. The maximum Gasteiger partial charge on any atom is 0.134 e. The molecule has 0 atom stereocenters. The molecular formula is C15H22N2O. The molecule has 0 aliphatic carbocycles. The average Bonchev–Trinajstić information content (AvgIpc) is 2.77. The van der Waals surface area contributed by atoms with Crippen molar-refractivity contribution in [2.24, 2.45) is 0 Å². The minimum absolute atomic E-state index is 0.888. The van der Waals surface area contributed by atoms with Crippen molar-refractivity contribution in [3.05, 3.63) is 36.1 Å². The maximum absolute atomic E-state index is 5.51. The summed E-state index contributed by atoms with van der Waals surface area (Å²) in [7, 11) is 4.23. The van der Waals surface area contributed by atoms with Crippen LogP contribution in [0.25, 0.3) is 11.0 Å². The molecule has 1 aromatic heterocycles. The van der Waals surface area contributed by atoms with Gasteiger partial charge in [-0.2, -0.15) is 0 Å². The van der Waals surface area contributed by atoms with E-state index in [0.717, 1.165) is 25.2 Å². The summed E-state index contributed by atoms with van der Waals surface area (Å²) in [5.74, 6) is 0. The number of fused-ring (bicyclic) bond motifs is 1. The number of benzene rings is 1. The lowest BCUT2D eigenvalue weighted by atomic mass is 10.2. The van der Waals surface area contributed by atoms with Crippen LogP contribution >= 0.6 is 0 Å². The van der Waals surface area contributed by atoms with Gasteiger partial charge in [-0.3, -0.25) is 0 Å². The Balaban J connectivity index is 1.74. The van der Waals surface area contributed by atoms with Crippen LogP contribution in [0.1, 0.15) is 18.4 Å². The molecule has 0 aliphatic rings. The molecule has 0 saturated heterocycles. The molecule has 2 rings (SSSR count). The molecule has 3 heteroatoms. The van der Waals surface area contributed by atoms with Crippen LogP contribution in [0.3, 0.4) is 0 Å². The molecule has 0 bridgehead atoms.